The molecule has 0 saturated heterocycles. The van der Waals surface area contributed by atoms with Gasteiger partial charge >= 0.3 is 5.97 Å². The zero-order valence-electron chi connectivity index (χ0n) is 13.9. The number of aromatic nitrogens is 1. The zero-order chi connectivity index (χ0) is 16.4. The lowest BCUT2D eigenvalue weighted by molar-refractivity contribution is -0.139. The summed E-state index contributed by atoms with van der Waals surface area (Å²) < 4.78 is 2.27. The Labute approximate surface area is 136 Å². The van der Waals surface area contributed by atoms with Gasteiger partial charge in [0.15, 0.2) is 0 Å². The molecule has 0 radical (unpaired) electrons. The first-order valence-corrected chi connectivity index (χ1v) is 8.44. The van der Waals surface area contributed by atoms with E-state index < -0.39 is 12.0 Å². The minimum Gasteiger partial charge on any atom is -0.480 e. The number of aliphatic carboxylic acids is 1. The van der Waals surface area contributed by atoms with Crippen LogP contribution in [0.25, 0.3) is 10.9 Å². The molecule has 2 heterocycles. The van der Waals surface area contributed by atoms with Gasteiger partial charge in [-0.2, -0.15) is 0 Å². The van der Waals surface area contributed by atoms with E-state index in [0.29, 0.717) is 13.0 Å². The molecule has 0 bridgehead atoms. The summed E-state index contributed by atoms with van der Waals surface area (Å²) in [6, 6.07) is 3.98. The molecule has 0 spiro atoms. The molecule has 23 heavy (non-hydrogen) atoms. The first kappa shape index (κ1) is 16.0. The van der Waals surface area contributed by atoms with E-state index in [4.69, 9.17) is 0 Å². The third kappa shape index (κ3) is 3.12. The molecule has 1 aromatic carbocycles. The molecule has 1 aliphatic heterocycles. The van der Waals surface area contributed by atoms with Crippen molar-refractivity contribution in [1.29, 1.82) is 0 Å². The average molecular weight is 315 g/mol. The van der Waals surface area contributed by atoms with Crippen molar-refractivity contribution in [3.63, 3.8) is 0 Å². The summed E-state index contributed by atoms with van der Waals surface area (Å²) in [4.78, 5) is 11.5. The van der Waals surface area contributed by atoms with Crippen LogP contribution in [0, 0.1) is 0 Å². The molecule has 2 aromatic rings. The van der Waals surface area contributed by atoms with Crippen LogP contribution in [0.15, 0.2) is 18.3 Å². The molecule has 1 unspecified atom stereocenters. The maximum atomic E-state index is 11.5. The number of hydrogen-bond acceptors (Lipinski definition) is 3. The summed E-state index contributed by atoms with van der Waals surface area (Å²) >= 11 is 0. The highest BCUT2D eigenvalue weighted by atomic mass is 16.4. The summed E-state index contributed by atoms with van der Waals surface area (Å²) in [6.07, 6.45) is 3.72. The van der Waals surface area contributed by atoms with Gasteiger partial charge in [-0.1, -0.05) is 13.8 Å². The average Bonchev–Trinajstić information content (AvgIpc) is 3.10. The first-order chi connectivity index (χ1) is 11.1. The number of rotatable bonds is 7. The highest BCUT2D eigenvalue weighted by molar-refractivity contribution is 5.87. The molecule has 0 amide bonds. The minimum absolute atomic E-state index is 0.516. The van der Waals surface area contributed by atoms with Crippen molar-refractivity contribution in [2.75, 3.05) is 6.54 Å². The maximum Gasteiger partial charge on any atom is 0.321 e. The summed E-state index contributed by atoms with van der Waals surface area (Å²) in [6.45, 7) is 7.55. The van der Waals surface area contributed by atoms with Crippen molar-refractivity contribution in [3.8, 4) is 0 Å². The number of benzene rings is 1. The summed E-state index contributed by atoms with van der Waals surface area (Å²) in [5.74, 6) is -0.786. The van der Waals surface area contributed by atoms with E-state index in [-0.39, 0.29) is 0 Å². The van der Waals surface area contributed by atoms with Crippen molar-refractivity contribution in [1.82, 2.24) is 15.2 Å². The van der Waals surface area contributed by atoms with Crippen LogP contribution in [-0.2, 0) is 30.8 Å². The zero-order valence-corrected chi connectivity index (χ0v) is 13.9. The van der Waals surface area contributed by atoms with E-state index in [1.54, 1.807) is 0 Å². The van der Waals surface area contributed by atoms with E-state index in [9.17, 15) is 9.90 Å². The van der Waals surface area contributed by atoms with Gasteiger partial charge in [-0.25, -0.2) is 0 Å². The molecular formula is C18H25N3O2. The van der Waals surface area contributed by atoms with Gasteiger partial charge in [0, 0.05) is 43.2 Å². The molecule has 1 atom stereocenters. The highest BCUT2D eigenvalue weighted by Gasteiger charge is 2.21. The van der Waals surface area contributed by atoms with E-state index in [0.717, 1.165) is 31.6 Å². The fourth-order valence-electron chi connectivity index (χ4n) is 3.46. The second-order valence-electron chi connectivity index (χ2n) is 6.24. The highest BCUT2D eigenvalue weighted by Crippen LogP contribution is 2.29. The molecule has 0 fully saturated rings. The number of likely N-dealkylation sites (N-methyl/N-ethyl adjacent to an activating group) is 1. The van der Waals surface area contributed by atoms with Crippen LogP contribution in [-0.4, -0.2) is 28.2 Å². The van der Waals surface area contributed by atoms with Crippen LogP contribution in [0.1, 0.15) is 37.0 Å². The molecule has 1 aliphatic rings. The molecule has 0 saturated carbocycles. The summed E-state index contributed by atoms with van der Waals surface area (Å²) in [7, 11) is 0. The van der Waals surface area contributed by atoms with Gasteiger partial charge in [0.1, 0.15) is 6.04 Å². The Morgan fingerprint density at radius 3 is 2.74 bits per heavy atom. The fraction of sp³-hybridized carbons (Fsp3) is 0.500. The fourth-order valence-corrected chi connectivity index (χ4v) is 3.46. The van der Waals surface area contributed by atoms with Crippen molar-refractivity contribution in [2.24, 2.45) is 0 Å². The van der Waals surface area contributed by atoms with Gasteiger partial charge in [-0.3, -0.25) is 4.79 Å². The number of carboxylic acid groups (broad SMARTS) is 1. The Kier molecular flexibility index (Phi) is 4.68. The van der Waals surface area contributed by atoms with E-state index in [2.05, 4.69) is 40.5 Å². The van der Waals surface area contributed by atoms with Crippen molar-refractivity contribution in [3.05, 3.63) is 35.0 Å². The van der Waals surface area contributed by atoms with E-state index in [1.807, 2.05) is 6.92 Å². The molecule has 0 aliphatic carbocycles. The molecule has 5 heteroatoms. The molecule has 3 N–H and O–H groups in total. The number of aryl methyl sites for hydroxylation is 1. The number of carboxylic acids is 1. The Morgan fingerprint density at radius 1 is 1.35 bits per heavy atom. The first-order valence-electron chi connectivity index (χ1n) is 8.44. The summed E-state index contributed by atoms with van der Waals surface area (Å²) in [5.41, 5.74) is 5.05. The van der Waals surface area contributed by atoms with Crippen molar-refractivity contribution >= 4 is 16.9 Å². The largest absolute Gasteiger partial charge is 0.480 e. The lowest BCUT2D eigenvalue weighted by Crippen LogP contribution is -2.38. The van der Waals surface area contributed by atoms with Gasteiger partial charge in [0.2, 0.25) is 0 Å². The normalized spacial score (nSPS) is 15.0. The van der Waals surface area contributed by atoms with Crippen LogP contribution < -0.4 is 10.6 Å². The van der Waals surface area contributed by atoms with Gasteiger partial charge < -0.3 is 20.3 Å². The third-order valence-electron chi connectivity index (χ3n) is 4.55. The number of hydrogen-bond donors (Lipinski definition) is 3. The number of nitrogens with zero attached hydrogens (tertiary/aromatic N) is 1. The summed E-state index contributed by atoms with van der Waals surface area (Å²) in [5, 5.41) is 17.1. The van der Waals surface area contributed by atoms with Crippen LogP contribution in [0.2, 0.25) is 0 Å². The lowest BCUT2D eigenvalue weighted by atomic mass is 10.0. The topological polar surface area (TPSA) is 66.3 Å². The molecule has 3 rings (SSSR count). The second-order valence-corrected chi connectivity index (χ2v) is 6.24. The SMILES string of the molecule is CCCn1cc(CC(NCC)C(=O)O)c2cc3c(cc21)CNC3. The predicted octanol–water partition coefficient (Wildman–Crippen LogP) is 2.26. The lowest BCUT2D eigenvalue weighted by Gasteiger charge is -2.12. The predicted molar refractivity (Wildman–Crippen MR) is 91.6 cm³/mol. The smallest absolute Gasteiger partial charge is 0.321 e. The Bertz CT molecular complexity index is 721. The Hall–Kier alpha value is -1.85. The molecule has 5 nitrogen and oxygen atoms in total. The van der Waals surface area contributed by atoms with Crippen molar-refractivity contribution < 1.29 is 9.90 Å². The number of carbonyl (C=O) groups is 1. The standard InChI is InChI=1S/C18H25N3O2/c1-3-5-21-11-14(7-16(18(22)23)20-4-2)15-6-12-9-19-10-13(12)8-17(15)21/h6,8,11,16,19-20H,3-5,7,9-10H2,1-2H3,(H,22,23). The molecule has 1 aromatic heterocycles. The van der Waals surface area contributed by atoms with E-state index >= 15 is 0 Å². The van der Waals surface area contributed by atoms with Gasteiger partial charge in [-0.15, -0.1) is 0 Å². The van der Waals surface area contributed by atoms with Crippen LogP contribution >= 0.6 is 0 Å². The van der Waals surface area contributed by atoms with Crippen LogP contribution in [0.4, 0.5) is 0 Å². The monoisotopic (exact) mass is 315 g/mol. The number of fused-ring (bicyclic) bond motifs is 2. The number of nitrogens with one attached hydrogen (secondary N) is 2. The van der Waals surface area contributed by atoms with E-state index in [1.165, 1.54) is 22.0 Å². The van der Waals surface area contributed by atoms with Crippen LogP contribution in [0.5, 0.6) is 0 Å². The Morgan fingerprint density at radius 2 is 2.09 bits per heavy atom. The third-order valence-corrected chi connectivity index (χ3v) is 4.55. The molecule has 124 valence electrons. The van der Waals surface area contributed by atoms with Gasteiger partial charge in [-0.05, 0) is 41.8 Å². The van der Waals surface area contributed by atoms with Gasteiger partial charge in [0.05, 0.1) is 0 Å². The van der Waals surface area contributed by atoms with Gasteiger partial charge in [0.25, 0.3) is 0 Å². The second kappa shape index (κ2) is 6.72. The quantitative estimate of drug-likeness (QED) is 0.733. The maximum absolute atomic E-state index is 11.5. The van der Waals surface area contributed by atoms with Crippen molar-refractivity contribution in [2.45, 2.75) is 52.4 Å². The minimum atomic E-state index is -0.786. The molecular weight excluding hydrogens is 290 g/mol. The van der Waals surface area contributed by atoms with Crippen LogP contribution in [0.3, 0.4) is 0 Å². The Balaban J connectivity index is 2.03.